The van der Waals surface area contributed by atoms with Gasteiger partial charge in [-0.05, 0) is 30.7 Å². The Balaban J connectivity index is 1.78. The van der Waals surface area contributed by atoms with Crippen molar-refractivity contribution in [3.05, 3.63) is 54.1 Å². The summed E-state index contributed by atoms with van der Waals surface area (Å²) in [6.07, 6.45) is -0.567. The third-order valence-electron chi connectivity index (χ3n) is 3.38. The van der Waals surface area contributed by atoms with Gasteiger partial charge >= 0.3 is 0 Å². The molecule has 2 aromatic carbocycles. The summed E-state index contributed by atoms with van der Waals surface area (Å²) in [6.45, 7) is 1.65. The normalized spacial score (nSPS) is 16.9. The molecule has 0 unspecified atom stereocenters. The van der Waals surface area contributed by atoms with Crippen LogP contribution in [0.25, 0.3) is 0 Å². The van der Waals surface area contributed by atoms with E-state index in [9.17, 15) is 13.2 Å². The molecule has 0 bridgehead atoms. The summed E-state index contributed by atoms with van der Waals surface area (Å²) < 4.78 is 32.4. The van der Waals surface area contributed by atoms with Gasteiger partial charge in [0.05, 0.1) is 17.1 Å². The maximum absolute atomic E-state index is 12.2. The minimum atomic E-state index is -3.54. The molecule has 2 N–H and O–H groups in total. The van der Waals surface area contributed by atoms with Gasteiger partial charge in [0.1, 0.15) is 5.75 Å². The molecule has 0 aliphatic carbocycles. The quantitative estimate of drug-likeness (QED) is 0.900. The fourth-order valence-electron chi connectivity index (χ4n) is 2.28. The van der Waals surface area contributed by atoms with Crippen LogP contribution < -0.4 is 14.8 Å². The Morgan fingerprint density at radius 2 is 1.91 bits per heavy atom. The maximum Gasteiger partial charge on any atom is 0.265 e. The minimum Gasteiger partial charge on any atom is -0.479 e. The van der Waals surface area contributed by atoms with Gasteiger partial charge in [0.2, 0.25) is 10.0 Å². The van der Waals surface area contributed by atoms with Crippen LogP contribution in [0.4, 0.5) is 11.4 Å². The Bertz CT molecular complexity index is 834. The van der Waals surface area contributed by atoms with Crippen LogP contribution in [0, 0.1) is 0 Å². The summed E-state index contributed by atoms with van der Waals surface area (Å²) in [7, 11) is -3.54. The Hall–Kier alpha value is -2.54. The van der Waals surface area contributed by atoms with Gasteiger partial charge in [-0.3, -0.25) is 9.52 Å². The van der Waals surface area contributed by atoms with Crippen LogP contribution in [0.2, 0.25) is 0 Å². The SMILES string of the molecule is C[C@H]1Oc2ccc(NS(=O)(=O)Cc3ccccc3)cc2NC1=O. The lowest BCUT2D eigenvalue weighted by molar-refractivity contribution is -0.122. The second-order valence-corrected chi connectivity index (χ2v) is 7.03. The van der Waals surface area contributed by atoms with Crippen LogP contribution in [-0.4, -0.2) is 20.4 Å². The molecule has 0 saturated heterocycles. The Labute approximate surface area is 134 Å². The van der Waals surface area contributed by atoms with Crippen molar-refractivity contribution in [2.75, 3.05) is 10.0 Å². The molecule has 23 heavy (non-hydrogen) atoms. The topological polar surface area (TPSA) is 84.5 Å². The van der Waals surface area contributed by atoms with Crippen LogP contribution in [0.15, 0.2) is 48.5 Å². The molecule has 0 fully saturated rings. The second-order valence-electron chi connectivity index (χ2n) is 5.31. The number of rotatable bonds is 4. The number of benzene rings is 2. The predicted molar refractivity (Wildman–Crippen MR) is 87.9 cm³/mol. The summed E-state index contributed by atoms with van der Waals surface area (Å²) >= 11 is 0. The number of hydrogen-bond acceptors (Lipinski definition) is 4. The van der Waals surface area contributed by atoms with E-state index in [1.165, 1.54) is 0 Å². The molecule has 3 rings (SSSR count). The van der Waals surface area contributed by atoms with E-state index in [0.29, 0.717) is 22.7 Å². The van der Waals surface area contributed by atoms with E-state index >= 15 is 0 Å². The second kappa shape index (κ2) is 5.92. The number of carbonyl (C=O) groups excluding carboxylic acids is 1. The van der Waals surface area contributed by atoms with Crippen molar-refractivity contribution in [1.29, 1.82) is 0 Å². The van der Waals surface area contributed by atoms with E-state index in [-0.39, 0.29) is 11.7 Å². The van der Waals surface area contributed by atoms with Gasteiger partial charge in [-0.1, -0.05) is 30.3 Å². The minimum absolute atomic E-state index is 0.120. The van der Waals surface area contributed by atoms with Crippen molar-refractivity contribution >= 4 is 27.3 Å². The number of ether oxygens (including phenoxy) is 1. The van der Waals surface area contributed by atoms with Gasteiger partial charge in [-0.25, -0.2) is 8.42 Å². The number of carbonyl (C=O) groups is 1. The zero-order chi connectivity index (χ0) is 16.4. The number of anilines is 2. The number of nitrogens with one attached hydrogen (secondary N) is 2. The third-order valence-corrected chi connectivity index (χ3v) is 4.64. The summed E-state index contributed by atoms with van der Waals surface area (Å²) in [5.41, 5.74) is 1.52. The Morgan fingerprint density at radius 1 is 1.17 bits per heavy atom. The van der Waals surface area contributed by atoms with Crippen molar-refractivity contribution in [1.82, 2.24) is 0 Å². The predicted octanol–water partition coefficient (Wildman–Crippen LogP) is 2.35. The van der Waals surface area contributed by atoms with Gasteiger partial charge in [0.15, 0.2) is 6.10 Å². The van der Waals surface area contributed by atoms with Gasteiger partial charge in [-0.15, -0.1) is 0 Å². The first-order valence-electron chi connectivity index (χ1n) is 7.09. The van der Waals surface area contributed by atoms with Gasteiger partial charge in [0.25, 0.3) is 5.91 Å². The molecule has 0 aromatic heterocycles. The van der Waals surface area contributed by atoms with E-state index in [1.807, 2.05) is 6.07 Å². The zero-order valence-electron chi connectivity index (χ0n) is 12.4. The van der Waals surface area contributed by atoms with Crippen molar-refractivity contribution in [3.63, 3.8) is 0 Å². The fraction of sp³-hybridized carbons (Fsp3) is 0.188. The molecule has 1 aliphatic heterocycles. The molecule has 1 atom stereocenters. The average molecular weight is 332 g/mol. The van der Waals surface area contributed by atoms with E-state index in [1.54, 1.807) is 49.4 Å². The molecule has 0 saturated carbocycles. The molecule has 0 radical (unpaired) electrons. The summed E-state index contributed by atoms with van der Waals surface area (Å²) in [5.74, 6) is 0.134. The van der Waals surface area contributed by atoms with Gasteiger partial charge < -0.3 is 10.1 Å². The van der Waals surface area contributed by atoms with Crippen LogP contribution in [0.3, 0.4) is 0 Å². The first-order chi connectivity index (χ1) is 10.9. The standard InChI is InChI=1S/C16H16N2O4S/c1-11-16(19)17-14-9-13(7-8-15(14)22-11)18-23(20,21)10-12-5-3-2-4-6-12/h2-9,11,18H,10H2,1H3,(H,17,19)/t11-/m1/s1. The molecule has 1 heterocycles. The van der Waals surface area contributed by atoms with Crippen molar-refractivity contribution in [2.45, 2.75) is 18.8 Å². The number of fused-ring (bicyclic) bond motifs is 1. The molecule has 1 amide bonds. The average Bonchev–Trinajstić information content (AvgIpc) is 2.49. The molecule has 2 aromatic rings. The van der Waals surface area contributed by atoms with E-state index in [0.717, 1.165) is 0 Å². The Morgan fingerprint density at radius 3 is 2.65 bits per heavy atom. The van der Waals surface area contributed by atoms with Gasteiger partial charge in [-0.2, -0.15) is 0 Å². The lowest BCUT2D eigenvalue weighted by atomic mass is 10.2. The molecular formula is C16H16N2O4S. The highest BCUT2D eigenvalue weighted by atomic mass is 32.2. The van der Waals surface area contributed by atoms with Crippen molar-refractivity contribution in [2.24, 2.45) is 0 Å². The maximum atomic E-state index is 12.2. The van der Waals surface area contributed by atoms with E-state index in [4.69, 9.17) is 4.74 Å². The molecular weight excluding hydrogens is 316 g/mol. The van der Waals surface area contributed by atoms with Gasteiger partial charge in [0, 0.05) is 0 Å². The molecule has 1 aliphatic rings. The highest BCUT2D eigenvalue weighted by molar-refractivity contribution is 7.91. The highest BCUT2D eigenvalue weighted by Gasteiger charge is 2.24. The highest BCUT2D eigenvalue weighted by Crippen LogP contribution is 2.32. The molecule has 0 spiro atoms. The summed E-state index contributed by atoms with van der Waals surface area (Å²) in [6, 6.07) is 13.7. The monoisotopic (exact) mass is 332 g/mol. The number of amides is 1. The lowest BCUT2D eigenvalue weighted by Crippen LogP contribution is -2.34. The first-order valence-corrected chi connectivity index (χ1v) is 8.74. The van der Waals surface area contributed by atoms with Crippen LogP contribution in [0.5, 0.6) is 5.75 Å². The van der Waals surface area contributed by atoms with Crippen LogP contribution in [-0.2, 0) is 20.6 Å². The third kappa shape index (κ3) is 3.62. The first kappa shape index (κ1) is 15.4. The number of hydrogen-bond donors (Lipinski definition) is 2. The molecule has 7 heteroatoms. The molecule has 120 valence electrons. The smallest absolute Gasteiger partial charge is 0.265 e. The largest absolute Gasteiger partial charge is 0.479 e. The van der Waals surface area contributed by atoms with E-state index in [2.05, 4.69) is 10.0 Å². The summed E-state index contributed by atoms with van der Waals surface area (Å²) in [4.78, 5) is 11.6. The van der Waals surface area contributed by atoms with Crippen molar-refractivity contribution < 1.29 is 17.9 Å². The molecule has 6 nitrogen and oxygen atoms in total. The fourth-order valence-corrected chi connectivity index (χ4v) is 3.47. The lowest BCUT2D eigenvalue weighted by Gasteiger charge is -2.23. The summed E-state index contributed by atoms with van der Waals surface area (Å²) in [5, 5.41) is 2.69. The Kier molecular flexibility index (Phi) is 3.96. The van der Waals surface area contributed by atoms with Crippen molar-refractivity contribution in [3.8, 4) is 5.75 Å². The van der Waals surface area contributed by atoms with Crippen LogP contribution in [0.1, 0.15) is 12.5 Å². The number of sulfonamides is 1. The zero-order valence-corrected chi connectivity index (χ0v) is 13.3. The van der Waals surface area contributed by atoms with E-state index < -0.39 is 16.1 Å². The van der Waals surface area contributed by atoms with Crippen LogP contribution >= 0.6 is 0 Å².